The molecule has 2 aromatic rings. The van der Waals surface area contributed by atoms with E-state index in [1.54, 1.807) is 24.3 Å². The zero-order chi connectivity index (χ0) is 18.9. The first-order chi connectivity index (χ1) is 12.5. The summed E-state index contributed by atoms with van der Waals surface area (Å²) in [7, 11) is 0. The number of rotatable bonds is 7. The van der Waals surface area contributed by atoms with Gasteiger partial charge in [0.05, 0.1) is 6.42 Å². The average Bonchev–Trinajstić information content (AvgIpc) is 2.62. The summed E-state index contributed by atoms with van der Waals surface area (Å²) in [5.41, 5.74) is 0.161. The molecule has 2 aromatic carbocycles. The lowest BCUT2D eigenvalue weighted by Crippen LogP contribution is -2.33. The van der Waals surface area contributed by atoms with Crippen molar-refractivity contribution in [3.8, 4) is 0 Å². The summed E-state index contributed by atoms with van der Waals surface area (Å²) in [4.78, 5) is 34.8. The summed E-state index contributed by atoms with van der Waals surface area (Å²) in [6, 6.07) is 12.0. The Kier molecular flexibility index (Phi) is 6.78. The molecule has 2 amide bonds. The van der Waals surface area contributed by atoms with Crippen LogP contribution in [0.4, 0.5) is 14.5 Å². The first-order valence-electron chi connectivity index (χ1n) is 7.66. The van der Waals surface area contributed by atoms with Crippen LogP contribution in [0.2, 0.25) is 0 Å². The highest BCUT2D eigenvalue weighted by atomic mass is 19.1. The Morgan fingerprint density at radius 1 is 0.885 bits per heavy atom. The minimum atomic E-state index is -0.946. The molecule has 0 radical (unpaired) electrons. The number of benzene rings is 2. The Morgan fingerprint density at radius 2 is 1.54 bits per heavy atom. The summed E-state index contributed by atoms with van der Waals surface area (Å²) in [5.74, 6) is -4.03. The number of halogens is 2. The van der Waals surface area contributed by atoms with Crippen LogP contribution in [-0.2, 0) is 25.5 Å². The summed E-state index contributed by atoms with van der Waals surface area (Å²) < 4.78 is 31.4. The van der Waals surface area contributed by atoms with Crippen LogP contribution in [-0.4, -0.2) is 30.9 Å². The van der Waals surface area contributed by atoms with Crippen molar-refractivity contribution in [1.29, 1.82) is 0 Å². The van der Waals surface area contributed by atoms with Crippen molar-refractivity contribution in [2.75, 3.05) is 18.5 Å². The van der Waals surface area contributed by atoms with Crippen LogP contribution in [0, 0.1) is 11.6 Å². The van der Waals surface area contributed by atoms with Crippen LogP contribution in [0.25, 0.3) is 0 Å². The Morgan fingerprint density at radius 3 is 2.19 bits per heavy atom. The van der Waals surface area contributed by atoms with Crippen LogP contribution < -0.4 is 10.6 Å². The van der Waals surface area contributed by atoms with Gasteiger partial charge in [-0.3, -0.25) is 14.4 Å². The van der Waals surface area contributed by atoms with Crippen LogP contribution in [0.5, 0.6) is 0 Å². The maximum absolute atomic E-state index is 13.4. The topological polar surface area (TPSA) is 84.5 Å². The van der Waals surface area contributed by atoms with Gasteiger partial charge in [-0.1, -0.05) is 36.4 Å². The van der Waals surface area contributed by atoms with Gasteiger partial charge < -0.3 is 15.4 Å². The number of esters is 1. The summed E-state index contributed by atoms with van der Waals surface area (Å²) >= 11 is 0. The maximum atomic E-state index is 13.4. The summed E-state index contributed by atoms with van der Waals surface area (Å²) in [6.07, 6.45) is 0.0984. The fourth-order valence-corrected chi connectivity index (χ4v) is 2.00. The minimum Gasteiger partial charge on any atom is -0.454 e. The van der Waals surface area contributed by atoms with Crippen LogP contribution in [0.1, 0.15) is 5.56 Å². The smallest absolute Gasteiger partial charge is 0.325 e. The van der Waals surface area contributed by atoms with E-state index < -0.39 is 42.3 Å². The molecule has 0 aliphatic rings. The number of nitrogens with one attached hydrogen (secondary N) is 2. The SMILES string of the molecule is O=C(Cc1ccccc1)NCC(=O)OCC(=O)Nc1c(F)cccc1F. The molecule has 2 rings (SSSR count). The zero-order valence-corrected chi connectivity index (χ0v) is 13.6. The monoisotopic (exact) mass is 362 g/mol. The highest BCUT2D eigenvalue weighted by Crippen LogP contribution is 2.17. The van der Waals surface area contributed by atoms with Crippen molar-refractivity contribution >= 4 is 23.5 Å². The maximum Gasteiger partial charge on any atom is 0.325 e. The number of para-hydroxylation sites is 1. The molecule has 0 aromatic heterocycles. The molecule has 0 saturated carbocycles. The number of amides is 2. The van der Waals surface area contributed by atoms with Crippen molar-refractivity contribution in [2.45, 2.75) is 6.42 Å². The van der Waals surface area contributed by atoms with Gasteiger partial charge in [-0.15, -0.1) is 0 Å². The second-order valence-corrected chi connectivity index (χ2v) is 5.24. The second-order valence-electron chi connectivity index (χ2n) is 5.24. The summed E-state index contributed by atoms with van der Waals surface area (Å²) in [6.45, 7) is -1.16. The van der Waals surface area contributed by atoms with Gasteiger partial charge >= 0.3 is 5.97 Å². The molecule has 0 unspecified atom stereocenters. The van der Waals surface area contributed by atoms with Gasteiger partial charge in [-0.2, -0.15) is 0 Å². The number of carbonyl (C=O) groups excluding carboxylic acids is 3. The lowest BCUT2D eigenvalue weighted by atomic mass is 10.1. The molecule has 8 heteroatoms. The third-order valence-electron chi connectivity index (χ3n) is 3.23. The third-order valence-corrected chi connectivity index (χ3v) is 3.23. The molecule has 2 N–H and O–H groups in total. The molecule has 6 nitrogen and oxygen atoms in total. The number of carbonyl (C=O) groups is 3. The number of anilines is 1. The molecule has 0 atom stereocenters. The van der Waals surface area contributed by atoms with E-state index in [1.807, 2.05) is 11.4 Å². The minimum absolute atomic E-state index is 0.0984. The largest absolute Gasteiger partial charge is 0.454 e. The van der Waals surface area contributed by atoms with Gasteiger partial charge in [0.2, 0.25) is 5.91 Å². The van der Waals surface area contributed by atoms with Crippen LogP contribution in [0.15, 0.2) is 48.5 Å². The van der Waals surface area contributed by atoms with Gasteiger partial charge in [-0.05, 0) is 17.7 Å². The van der Waals surface area contributed by atoms with Gasteiger partial charge in [0.25, 0.3) is 5.91 Å². The fraction of sp³-hybridized carbons (Fsp3) is 0.167. The fourth-order valence-electron chi connectivity index (χ4n) is 2.00. The highest BCUT2D eigenvalue weighted by Gasteiger charge is 2.14. The molecule has 136 valence electrons. The van der Waals surface area contributed by atoms with Crippen molar-refractivity contribution < 1.29 is 27.9 Å². The Balaban J connectivity index is 1.71. The standard InChI is InChI=1S/C18H16F2N2O4/c19-13-7-4-8-14(20)18(13)22-16(24)11-26-17(25)10-21-15(23)9-12-5-2-1-3-6-12/h1-8H,9-11H2,(H,21,23)(H,22,24). The van der Waals surface area contributed by atoms with E-state index in [4.69, 9.17) is 0 Å². The average molecular weight is 362 g/mol. The normalized spacial score (nSPS) is 10.1. The molecule has 0 saturated heterocycles. The predicted molar refractivity (Wildman–Crippen MR) is 89.1 cm³/mol. The van der Waals surface area contributed by atoms with E-state index in [2.05, 4.69) is 10.1 Å². The number of hydrogen-bond donors (Lipinski definition) is 2. The van der Waals surface area contributed by atoms with Gasteiger partial charge in [0.1, 0.15) is 23.9 Å². The molecule has 0 fully saturated rings. The van der Waals surface area contributed by atoms with Crippen molar-refractivity contribution in [1.82, 2.24) is 5.32 Å². The lowest BCUT2D eigenvalue weighted by Gasteiger charge is -2.09. The molecular weight excluding hydrogens is 346 g/mol. The van der Waals surface area contributed by atoms with Crippen LogP contribution >= 0.6 is 0 Å². The van der Waals surface area contributed by atoms with Crippen molar-refractivity contribution in [2.24, 2.45) is 0 Å². The van der Waals surface area contributed by atoms with E-state index in [0.717, 1.165) is 23.8 Å². The zero-order valence-electron chi connectivity index (χ0n) is 13.6. The molecule has 0 heterocycles. The Labute approximate surface area is 148 Å². The Bertz CT molecular complexity index is 777. The summed E-state index contributed by atoms with van der Waals surface area (Å²) in [5, 5.41) is 4.34. The molecular formula is C18H16F2N2O4. The predicted octanol–water partition coefficient (Wildman–Crippen LogP) is 1.81. The van der Waals surface area contributed by atoms with E-state index in [0.29, 0.717) is 0 Å². The molecule has 0 bridgehead atoms. The molecule has 26 heavy (non-hydrogen) atoms. The van der Waals surface area contributed by atoms with Gasteiger partial charge in [-0.25, -0.2) is 8.78 Å². The molecule has 0 aliphatic heterocycles. The third kappa shape index (κ3) is 5.97. The molecule has 0 spiro atoms. The van der Waals surface area contributed by atoms with Crippen molar-refractivity contribution in [3.05, 3.63) is 65.7 Å². The highest BCUT2D eigenvalue weighted by molar-refractivity contribution is 5.93. The van der Waals surface area contributed by atoms with Gasteiger partial charge in [0, 0.05) is 0 Å². The lowest BCUT2D eigenvalue weighted by molar-refractivity contribution is -0.147. The number of hydrogen-bond acceptors (Lipinski definition) is 4. The van der Waals surface area contributed by atoms with E-state index in [9.17, 15) is 23.2 Å². The van der Waals surface area contributed by atoms with Gasteiger partial charge in [0.15, 0.2) is 6.61 Å². The van der Waals surface area contributed by atoms with Crippen LogP contribution in [0.3, 0.4) is 0 Å². The Hall–Kier alpha value is -3.29. The van der Waals surface area contributed by atoms with Crippen molar-refractivity contribution in [3.63, 3.8) is 0 Å². The van der Waals surface area contributed by atoms with E-state index >= 15 is 0 Å². The quantitative estimate of drug-likeness (QED) is 0.736. The molecule has 0 aliphatic carbocycles. The number of ether oxygens (including phenoxy) is 1. The second kappa shape index (κ2) is 9.26. The first-order valence-corrected chi connectivity index (χ1v) is 7.66. The first kappa shape index (κ1) is 19.0. The van der Waals surface area contributed by atoms with E-state index in [-0.39, 0.29) is 12.3 Å². The van der Waals surface area contributed by atoms with E-state index in [1.165, 1.54) is 0 Å².